The third-order valence-electron chi connectivity index (χ3n) is 3.97. The maximum absolute atomic E-state index is 12.2. The Morgan fingerprint density at radius 2 is 1.86 bits per heavy atom. The van der Waals surface area contributed by atoms with E-state index in [1.54, 1.807) is 12.1 Å². The summed E-state index contributed by atoms with van der Waals surface area (Å²) in [7, 11) is -3.42. The summed E-state index contributed by atoms with van der Waals surface area (Å²) >= 11 is 0. The fraction of sp³-hybridized carbons (Fsp3) is 0.125. The minimum Gasteiger partial charge on any atom is -0.361 e. The zero-order valence-corrected chi connectivity index (χ0v) is 12.2. The number of nitrogens with one attached hydrogen (secondary N) is 2. The highest BCUT2D eigenvalue weighted by molar-refractivity contribution is 7.89. The molecule has 2 heterocycles. The van der Waals surface area contributed by atoms with Crippen molar-refractivity contribution in [2.75, 3.05) is 0 Å². The third-order valence-corrected chi connectivity index (χ3v) is 5.47. The van der Waals surface area contributed by atoms with Gasteiger partial charge in [0.25, 0.3) is 0 Å². The fourth-order valence-corrected chi connectivity index (χ4v) is 4.42. The first-order chi connectivity index (χ1) is 10.1. The molecule has 4 rings (SSSR count). The van der Waals surface area contributed by atoms with Crippen molar-refractivity contribution in [3.63, 3.8) is 0 Å². The molecule has 1 unspecified atom stereocenters. The van der Waals surface area contributed by atoms with Crippen LogP contribution in [0.5, 0.6) is 0 Å². The number of sulfonamides is 1. The molecule has 3 aromatic rings. The Morgan fingerprint density at radius 1 is 1.05 bits per heavy atom. The molecular weight excluding hydrogens is 284 g/mol. The quantitative estimate of drug-likeness (QED) is 0.725. The van der Waals surface area contributed by atoms with E-state index in [0.29, 0.717) is 4.90 Å². The van der Waals surface area contributed by atoms with Gasteiger partial charge in [-0.25, -0.2) is 8.42 Å². The number of hydrogen-bond acceptors (Lipinski definition) is 2. The number of fused-ring (bicyclic) bond motifs is 2. The first-order valence-corrected chi connectivity index (χ1v) is 8.23. The Labute approximate surface area is 122 Å². The molecule has 0 bridgehead atoms. The Hall–Kier alpha value is -2.11. The van der Waals surface area contributed by atoms with Gasteiger partial charge in [-0.1, -0.05) is 29.8 Å². The summed E-state index contributed by atoms with van der Waals surface area (Å²) in [6, 6.07) is 12.9. The van der Waals surface area contributed by atoms with Gasteiger partial charge in [0, 0.05) is 17.1 Å². The molecule has 2 N–H and O–H groups in total. The molecule has 0 spiro atoms. The maximum atomic E-state index is 12.2. The second kappa shape index (κ2) is 4.19. The minimum atomic E-state index is -3.42. The fourth-order valence-electron chi connectivity index (χ4n) is 2.97. The van der Waals surface area contributed by atoms with E-state index < -0.39 is 10.0 Å². The van der Waals surface area contributed by atoms with Crippen LogP contribution in [0.2, 0.25) is 0 Å². The van der Waals surface area contributed by atoms with Gasteiger partial charge in [0.1, 0.15) is 0 Å². The first-order valence-electron chi connectivity index (χ1n) is 6.75. The van der Waals surface area contributed by atoms with Crippen molar-refractivity contribution in [1.82, 2.24) is 9.71 Å². The van der Waals surface area contributed by atoms with Gasteiger partial charge in [0.05, 0.1) is 10.9 Å². The molecule has 2 aromatic carbocycles. The largest absolute Gasteiger partial charge is 0.361 e. The average Bonchev–Trinajstić information content (AvgIpc) is 2.98. The van der Waals surface area contributed by atoms with Gasteiger partial charge in [0.2, 0.25) is 10.0 Å². The van der Waals surface area contributed by atoms with E-state index >= 15 is 0 Å². The summed E-state index contributed by atoms with van der Waals surface area (Å²) in [5.74, 6) is 0. The number of rotatable bonds is 1. The van der Waals surface area contributed by atoms with Gasteiger partial charge in [-0.2, -0.15) is 4.72 Å². The summed E-state index contributed by atoms with van der Waals surface area (Å²) in [6.45, 7) is 2.03. The van der Waals surface area contributed by atoms with Crippen molar-refractivity contribution >= 4 is 20.9 Å². The number of aromatic nitrogens is 1. The average molecular weight is 298 g/mol. The number of aryl methyl sites for hydroxylation is 1. The van der Waals surface area contributed by atoms with E-state index in [1.165, 1.54) is 0 Å². The normalized spacial score (nSPS) is 19.8. The van der Waals surface area contributed by atoms with E-state index in [2.05, 4.69) is 15.8 Å². The molecule has 0 amide bonds. The molecule has 1 aromatic heterocycles. The molecule has 0 saturated heterocycles. The molecule has 1 aliphatic rings. The molecule has 1 aliphatic heterocycles. The van der Waals surface area contributed by atoms with Gasteiger partial charge < -0.3 is 4.98 Å². The molecule has 0 aliphatic carbocycles. The van der Waals surface area contributed by atoms with Crippen molar-refractivity contribution in [1.29, 1.82) is 0 Å². The highest BCUT2D eigenvalue weighted by Crippen LogP contribution is 2.37. The van der Waals surface area contributed by atoms with Crippen LogP contribution in [-0.2, 0) is 10.0 Å². The summed E-state index contributed by atoms with van der Waals surface area (Å²) < 4.78 is 27.2. The Morgan fingerprint density at radius 3 is 2.71 bits per heavy atom. The van der Waals surface area contributed by atoms with Crippen molar-refractivity contribution in [2.24, 2.45) is 0 Å². The smallest absolute Gasteiger partial charge is 0.241 e. The lowest BCUT2D eigenvalue weighted by Gasteiger charge is -2.09. The van der Waals surface area contributed by atoms with Gasteiger partial charge >= 0.3 is 0 Å². The van der Waals surface area contributed by atoms with E-state index in [0.717, 1.165) is 27.6 Å². The van der Waals surface area contributed by atoms with Crippen LogP contribution in [-0.4, -0.2) is 13.4 Å². The van der Waals surface area contributed by atoms with Crippen molar-refractivity contribution < 1.29 is 8.42 Å². The predicted molar refractivity (Wildman–Crippen MR) is 81.6 cm³/mol. The molecule has 21 heavy (non-hydrogen) atoms. The van der Waals surface area contributed by atoms with Gasteiger partial charge in [-0.15, -0.1) is 0 Å². The van der Waals surface area contributed by atoms with Crippen molar-refractivity contribution in [3.8, 4) is 0 Å². The molecule has 106 valence electrons. The Balaban J connectivity index is 1.97. The van der Waals surface area contributed by atoms with E-state index in [-0.39, 0.29) is 6.04 Å². The summed E-state index contributed by atoms with van der Waals surface area (Å²) in [6.07, 6.45) is 1.89. The van der Waals surface area contributed by atoms with E-state index in [9.17, 15) is 8.42 Å². The van der Waals surface area contributed by atoms with Crippen LogP contribution in [0.3, 0.4) is 0 Å². The monoisotopic (exact) mass is 298 g/mol. The standard InChI is InChI=1S/C16H14N2O2S/c1-10-6-7-14-12(8-10)13(9-17-14)16-11-4-2-3-5-15(11)21(19,20)18-16/h2-9,16-18H,1H3. The molecule has 4 nitrogen and oxygen atoms in total. The van der Waals surface area contributed by atoms with Crippen LogP contribution in [0.1, 0.15) is 22.7 Å². The predicted octanol–water partition coefficient (Wildman–Crippen LogP) is 2.86. The molecule has 5 heteroatoms. The maximum Gasteiger partial charge on any atom is 0.241 e. The first kappa shape index (κ1) is 12.6. The lowest BCUT2D eigenvalue weighted by molar-refractivity contribution is 0.585. The van der Waals surface area contributed by atoms with E-state index in [4.69, 9.17) is 0 Å². The van der Waals surface area contributed by atoms with Gasteiger partial charge in [-0.05, 0) is 36.2 Å². The van der Waals surface area contributed by atoms with E-state index in [1.807, 2.05) is 37.4 Å². The highest BCUT2D eigenvalue weighted by Gasteiger charge is 2.35. The molecule has 1 atom stereocenters. The van der Waals surface area contributed by atoms with Crippen molar-refractivity contribution in [2.45, 2.75) is 17.9 Å². The zero-order chi connectivity index (χ0) is 14.6. The van der Waals surface area contributed by atoms with Crippen LogP contribution >= 0.6 is 0 Å². The molecule has 0 fully saturated rings. The summed E-state index contributed by atoms with van der Waals surface area (Å²) in [5.41, 5.74) is 3.93. The number of aromatic amines is 1. The Kier molecular flexibility index (Phi) is 2.52. The Bertz CT molecular complexity index is 957. The topological polar surface area (TPSA) is 62.0 Å². The second-order valence-corrected chi connectivity index (χ2v) is 7.07. The number of hydrogen-bond donors (Lipinski definition) is 2. The number of H-pyrrole nitrogens is 1. The SMILES string of the molecule is Cc1ccc2[nH]cc(C3NS(=O)(=O)c4ccccc43)c2c1. The second-order valence-electron chi connectivity index (χ2n) is 5.39. The number of benzene rings is 2. The lowest BCUT2D eigenvalue weighted by atomic mass is 9.98. The van der Waals surface area contributed by atoms with Crippen molar-refractivity contribution in [3.05, 3.63) is 65.4 Å². The molecular formula is C16H14N2O2S. The zero-order valence-electron chi connectivity index (χ0n) is 11.4. The third kappa shape index (κ3) is 1.81. The van der Waals surface area contributed by atoms with Gasteiger partial charge in [-0.3, -0.25) is 0 Å². The van der Waals surface area contributed by atoms with Crippen LogP contribution in [0, 0.1) is 6.92 Å². The highest BCUT2D eigenvalue weighted by atomic mass is 32.2. The van der Waals surface area contributed by atoms with Crippen LogP contribution in [0.4, 0.5) is 0 Å². The van der Waals surface area contributed by atoms with Crippen LogP contribution in [0.25, 0.3) is 10.9 Å². The molecule has 0 radical (unpaired) electrons. The summed E-state index contributed by atoms with van der Waals surface area (Å²) in [5, 5.41) is 1.06. The summed E-state index contributed by atoms with van der Waals surface area (Å²) in [4.78, 5) is 3.59. The van der Waals surface area contributed by atoms with Crippen LogP contribution < -0.4 is 4.72 Å². The molecule has 0 saturated carbocycles. The lowest BCUT2D eigenvalue weighted by Crippen LogP contribution is -2.20. The van der Waals surface area contributed by atoms with Gasteiger partial charge in [0.15, 0.2) is 0 Å². The van der Waals surface area contributed by atoms with Crippen LogP contribution in [0.15, 0.2) is 53.6 Å². The minimum absolute atomic E-state index is 0.332.